The van der Waals surface area contributed by atoms with E-state index in [-0.39, 0.29) is 18.9 Å². The first-order valence-electron chi connectivity index (χ1n) is 8.85. The maximum absolute atomic E-state index is 12.4. The monoisotopic (exact) mass is 394 g/mol. The Bertz CT molecular complexity index is 958. The zero-order valence-corrected chi connectivity index (χ0v) is 15.7. The molecular formula is C21H18N2O4S. The molecule has 2 N–H and O–H groups in total. The number of hydrogen-bond donors (Lipinski definition) is 2. The molecule has 0 fully saturated rings. The van der Waals surface area contributed by atoms with Gasteiger partial charge in [-0.05, 0) is 22.3 Å². The molecule has 1 amide bonds. The number of aliphatic carboxylic acids is 1. The van der Waals surface area contributed by atoms with E-state index in [1.807, 2.05) is 36.4 Å². The smallest absolute Gasteiger partial charge is 0.407 e. The second kappa shape index (κ2) is 7.82. The molecule has 0 saturated carbocycles. The van der Waals surface area contributed by atoms with Gasteiger partial charge >= 0.3 is 12.1 Å². The molecule has 1 aliphatic carbocycles. The minimum atomic E-state index is -1.00. The molecule has 6 nitrogen and oxygen atoms in total. The maximum atomic E-state index is 12.4. The van der Waals surface area contributed by atoms with Crippen LogP contribution in [0.3, 0.4) is 0 Å². The number of fused-ring (bicyclic) bond motifs is 3. The summed E-state index contributed by atoms with van der Waals surface area (Å²) in [5.41, 5.74) is 6.16. The van der Waals surface area contributed by atoms with Crippen LogP contribution in [0.4, 0.5) is 4.79 Å². The van der Waals surface area contributed by atoms with Crippen molar-refractivity contribution in [3.8, 4) is 11.1 Å². The Hall–Kier alpha value is -3.19. The average Bonchev–Trinajstić information content (AvgIpc) is 3.32. The van der Waals surface area contributed by atoms with Crippen molar-refractivity contribution in [1.82, 2.24) is 10.3 Å². The molecular weight excluding hydrogens is 376 g/mol. The number of hydrogen-bond acceptors (Lipinski definition) is 5. The lowest BCUT2D eigenvalue weighted by atomic mass is 9.98. The molecule has 4 rings (SSSR count). The summed E-state index contributed by atoms with van der Waals surface area (Å²) in [5, 5.41) is 11.8. The number of thiazole rings is 1. The van der Waals surface area contributed by atoms with Crippen molar-refractivity contribution >= 4 is 23.4 Å². The molecule has 3 aromatic rings. The van der Waals surface area contributed by atoms with Crippen molar-refractivity contribution in [3.05, 3.63) is 76.2 Å². The van der Waals surface area contributed by atoms with Gasteiger partial charge in [-0.3, -0.25) is 9.78 Å². The highest BCUT2D eigenvalue weighted by Crippen LogP contribution is 2.44. The number of aromatic nitrogens is 1. The van der Waals surface area contributed by atoms with Crippen molar-refractivity contribution in [2.45, 2.75) is 18.4 Å². The number of alkyl carbamates (subject to hydrolysis) is 1. The van der Waals surface area contributed by atoms with Crippen LogP contribution in [0.5, 0.6) is 0 Å². The minimum Gasteiger partial charge on any atom is -0.481 e. The van der Waals surface area contributed by atoms with Crippen molar-refractivity contribution in [2.75, 3.05) is 6.61 Å². The van der Waals surface area contributed by atoms with Crippen LogP contribution >= 0.6 is 11.3 Å². The number of rotatable bonds is 6. The Kier molecular flexibility index (Phi) is 5.08. The maximum Gasteiger partial charge on any atom is 0.407 e. The van der Waals surface area contributed by atoms with Gasteiger partial charge in [0.2, 0.25) is 0 Å². The molecule has 1 aliphatic rings. The van der Waals surface area contributed by atoms with Crippen LogP contribution in [0.2, 0.25) is 0 Å². The fraction of sp³-hybridized carbons (Fsp3) is 0.190. The van der Waals surface area contributed by atoms with Gasteiger partial charge in [-0.25, -0.2) is 4.79 Å². The minimum absolute atomic E-state index is 0.0421. The highest BCUT2D eigenvalue weighted by molar-refractivity contribution is 7.09. The van der Waals surface area contributed by atoms with Crippen LogP contribution in [0.15, 0.2) is 60.2 Å². The molecule has 7 heteroatoms. The van der Waals surface area contributed by atoms with Crippen LogP contribution in [0.25, 0.3) is 11.1 Å². The standard InChI is InChI=1S/C21H18N2O4S/c24-20(25)9-18(19-10-22-12-28-19)23-21(26)27-11-17-15-7-3-1-5-13(15)14-6-2-4-8-16(14)17/h1-8,10,12,17-18H,9,11H2,(H,23,26)(H,24,25)/t18-/m1/s1. The largest absolute Gasteiger partial charge is 0.481 e. The van der Waals surface area contributed by atoms with E-state index >= 15 is 0 Å². The van der Waals surface area contributed by atoms with Gasteiger partial charge in [-0.2, -0.15) is 0 Å². The summed E-state index contributed by atoms with van der Waals surface area (Å²) in [5.74, 6) is -1.04. The van der Waals surface area contributed by atoms with Crippen LogP contribution in [-0.4, -0.2) is 28.8 Å². The van der Waals surface area contributed by atoms with Gasteiger partial charge in [0.05, 0.1) is 18.0 Å². The number of amides is 1. The van der Waals surface area contributed by atoms with E-state index < -0.39 is 18.1 Å². The first-order valence-corrected chi connectivity index (χ1v) is 9.73. The van der Waals surface area contributed by atoms with Crippen LogP contribution in [0, 0.1) is 0 Å². The summed E-state index contributed by atoms with van der Waals surface area (Å²) in [7, 11) is 0. The first kappa shape index (κ1) is 18.2. The molecule has 28 heavy (non-hydrogen) atoms. The fourth-order valence-corrected chi connectivity index (χ4v) is 4.25. The summed E-state index contributed by atoms with van der Waals surface area (Å²) in [4.78, 5) is 28.1. The molecule has 0 spiro atoms. The topological polar surface area (TPSA) is 88.5 Å². The van der Waals surface area contributed by atoms with Gasteiger partial charge in [0.25, 0.3) is 0 Å². The Balaban J connectivity index is 1.47. The number of carbonyl (C=O) groups excluding carboxylic acids is 1. The lowest BCUT2D eigenvalue weighted by Gasteiger charge is -2.18. The lowest BCUT2D eigenvalue weighted by Crippen LogP contribution is -2.31. The van der Waals surface area contributed by atoms with Crippen LogP contribution in [0.1, 0.15) is 34.4 Å². The zero-order chi connectivity index (χ0) is 19.5. The highest BCUT2D eigenvalue weighted by Gasteiger charge is 2.29. The summed E-state index contributed by atoms with van der Waals surface area (Å²) >= 11 is 1.30. The van der Waals surface area contributed by atoms with Crippen molar-refractivity contribution in [3.63, 3.8) is 0 Å². The Labute approximate surface area is 165 Å². The molecule has 0 radical (unpaired) electrons. The predicted octanol–water partition coefficient (Wildman–Crippen LogP) is 4.20. The number of nitrogens with one attached hydrogen (secondary N) is 1. The fourth-order valence-electron chi connectivity index (χ4n) is 3.58. The number of carboxylic acids is 1. The summed E-state index contributed by atoms with van der Waals surface area (Å²) in [6, 6.07) is 15.5. The van der Waals surface area contributed by atoms with Crippen LogP contribution in [-0.2, 0) is 9.53 Å². The third kappa shape index (κ3) is 3.61. The van der Waals surface area contributed by atoms with E-state index in [4.69, 9.17) is 9.84 Å². The molecule has 0 bridgehead atoms. The third-order valence-corrected chi connectivity index (χ3v) is 5.70. The van der Waals surface area contributed by atoms with Gasteiger partial charge in [-0.1, -0.05) is 48.5 Å². The van der Waals surface area contributed by atoms with Gasteiger partial charge in [0, 0.05) is 17.0 Å². The second-order valence-electron chi connectivity index (χ2n) is 6.52. The molecule has 1 aromatic heterocycles. The number of carbonyl (C=O) groups is 2. The zero-order valence-electron chi connectivity index (χ0n) is 14.9. The third-order valence-electron chi connectivity index (χ3n) is 4.81. The molecule has 0 saturated heterocycles. The van der Waals surface area contributed by atoms with E-state index in [9.17, 15) is 9.59 Å². The Morgan fingerprint density at radius 3 is 2.32 bits per heavy atom. The predicted molar refractivity (Wildman–Crippen MR) is 105 cm³/mol. The quantitative estimate of drug-likeness (QED) is 0.654. The summed E-state index contributed by atoms with van der Waals surface area (Å²) < 4.78 is 5.49. The van der Waals surface area contributed by atoms with Crippen LogP contribution < -0.4 is 5.32 Å². The molecule has 1 heterocycles. The molecule has 0 aliphatic heterocycles. The Morgan fingerprint density at radius 1 is 1.11 bits per heavy atom. The average molecular weight is 394 g/mol. The summed E-state index contributed by atoms with van der Waals surface area (Å²) in [6.07, 6.45) is 0.690. The number of ether oxygens (including phenoxy) is 1. The van der Waals surface area contributed by atoms with Crippen molar-refractivity contribution < 1.29 is 19.4 Å². The Morgan fingerprint density at radius 2 is 1.75 bits per heavy atom. The van der Waals surface area contributed by atoms with Crippen molar-refractivity contribution in [1.29, 1.82) is 0 Å². The van der Waals surface area contributed by atoms with E-state index in [1.165, 1.54) is 11.3 Å². The normalized spacial score (nSPS) is 13.4. The molecule has 1 atom stereocenters. The van der Waals surface area contributed by atoms with Gasteiger partial charge < -0.3 is 15.2 Å². The van der Waals surface area contributed by atoms with Gasteiger partial charge in [-0.15, -0.1) is 11.3 Å². The van der Waals surface area contributed by atoms with E-state index in [2.05, 4.69) is 22.4 Å². The number of nitrogens with zero attached hydrogens (tertiary/aromatic N) is 1. The van der Waals surface area contributed by atoms with E-state index in [0.29, 0.717) is 4.88 Å². The van der Waals surface area contributed by atoms with Gasteiger partial charge in [0.1, 0.15) is 6.61 Å². The SMILES string of the molecule is O=C(O)C[C@@H](NC(=O)OCC1c2ccccc2-c2ccccc21)c1cncs1. The highest BCUT2D eigenvalue weighted by atomic mass is 32.1. The number of benzene rings is 2. The summed E-state index contributed by atoms with van der Waals surface area (Å²) in [6.45, 7) is 0.183. The second-order valence-corrected chi connectivity index (χ2v) is 7.44. The van der Waals surface area contributed by atoms with Crippen molar-refractivity contribution in [2.24, 2.45) is 0 Å². The molecule has 0 unspecified atom stereocenters. The molecule has 142 valence electrons. The lowest BCUT2D eigenvalue weighted by molar-refractivity contribution is -0.137. The van der Waals surface area contributed by atoms with E-state index in [1.54, 1.807) is 11.7 Å². The number of carboxylic acid groups (broad SMARTS) is 1. The van der Waals surface area contributed by atoms with E-state index in [0.717, 1.165) is 22.3 Å². The van der Waals surface area contributed by atoms with Gasteiger partial charge in [0.15, 0.2) is 0 Å². The first-order chi connectivity index (χ1) is 13.6. The molecule has 2 aromatic carbocycles.